The van der Waals surface area contributed by atoms with Gasteiger partial charge in [0.25, 0.3) is 0 Å². The largest absolute Gasteiger partial charge is 0.348 e. The van der Waals surface area contributed by atoms with E-state index in [2.05, 4.69) is 25.5 Å². The lowest BCUT2D eigenvalue weighted by molar-refractivity contribution is 0.0908. The molecule has 0 aliphatic carbocycles. The summed E-state index contributed by atoms with van der Waals surface area (Å²) < 4.78 is 6.92. The molecule has 1 saturated heterocycles. The van der Waals surface area contributed by atoms with E-state index in [0.29, 0.717) is 12.4 Å². The number of amides is 1. The molecule has 1 aliphatic rings. The number of aryl methyl sites for hydroxylation is 1. The maximum atomic E-state index is 12.3. The number of benzene rings is 1. The van der Waals surface area contributed by atoms with Crippen molar-refractivity contribution in [1.82, 2.24) is 30.1 Å². The molecule has 1 aromatic carbocycles. The fraction of sp³-hybridized carbons (Fsp3) is 0.400. The van der Waals surface area contributed by atoms with Crippen molar-refractivity contribution in [3.05, 3.63) is 48.1 Å². The van der Waals surface area contributed by atoms with Crippen LogP contribution in [0, 0.1) is 6.92 Å². The van der Waals surface area contributed by atoms with Crippen LogP contribution >= 0.6 is 0 Å². The molecule has 1 N–H and O–H groups in total. The van der Waals surface area contributed by atoms with Crippen molar-refractivity contribution in [3.63, 3.8) is 0 Å². The molecule has 8 nitrogen and oxygen atoms in total. The molecular weight excluding hydrogens is 356 g/mol. The molecule has 0 spiro atoms. The zero-order valence-corrected chi connectivity index (χ0v) is 16.0. The van der Waals surface area contributed by atoms with Crippen LogP contribution in [0.3, 0.4) is 0 Å². The van der Waals surface area contributed by atoms with Crippen LogP contribution in [0.1, 0.15) is 35.6 Å². The number of hydrogen-bond donors (Lipinski definition) is 1. The van der Waals surface area contributed by atoms with Gasteiger partial charge < -0.3 is 14.7 Å². The number of likely N-dealkylation sites (tertiary alicyclic amines) is 1. The van der Waals surface area contributed by atoms with E-state index in [4.69, 9.17) is 4.52 Å². The van der Waals surface area contributed by atoms with E-state index < -0.39 is 0 Å². The molecule has 0 saturated carbocycles. The van der Waals surface area contributed by atoms with Crippen LogP contribution < -0.4 is 5.32 Å². The molecule has 0 bridgehead atoms. The van der Waals surface area contributed by atoms with Crippen LogP contribution in [-0.4, -0.2) is 56.9 Å². The number of carbonyl (C=O) groups excluding carboxylic acids is 1. The Bertz CT molecular complexity index is 927. The highest BCUT2D eigenvalue weighted by atomic mass is 16.5. The molecule has 4 rings (SSSR count). The highest BCUT2D eigenvalue weighted by Gasteiger charge is 2.19. The number of nitrogens with zero attached hydrogens (tertiary/aromatic N) is 5. The minimum absolute atomic E-state index is 0.0250. The fourth-order valence-corrected chi connectivity index (χ4v) is 3.40. The first-order valence-electron chi connectivity index (χ1n) is 9.67. The van der Waals surface area contributed by atoms with Crippen LogP contribution in [0.2, 0.25) is 0 Å². The quantitative estimate of drug-likeness (QED) is 0.634. The predicted octanol–water partition coefficient (Wildman–Crippen LogP) is 2.45. The minimum Gasteiger partial charge on any atom is -0.348 e. The Morgan fingerprint density at radius 1 is 1.21 bits per heavy atom. The second kappa shape index (κ2) is 8.35. The molecule has 1 aliphatic heterocycles. The molecule has 8 heteroatoms. The van der Waals surface area contributed by atoms with Gasteiger partial charge in [-0.05, 0) is 58.0 Å². The van der Waals surface area contributed by atoms with E-state index in [1.54, 1.807) is 4.68 Å². The lowest BCUT2D eigenvalue weighted by Gasteiger charge is -2.13. The summed E-state index contributed by atoms with van der Waals surface area (Å²) in [6.45, 7) is 5.81. The van der Waals surface area contributed by atoms with Crippen molar-refractivity contribution < 1.29 is 9.32 Å². The Labute approximate surface area is 163 Å². The molecule has 3 heterocycles. The van der Waals surface area contributed by atoms with Gasteiger partial charge in [0.2, 0.25) is 5.82 Å². The van der Waals surface area contributed by atoms with Gasteiger partial charge in [0.1, 0.15) is 0 Å². The Balaban J connectivity index is 1.37. The third-order valence-electron chi connectivity index (χ3n) is 4.92. The van der Waals surface area contributed by atoms with Gasteiger partial charge in [-0.15, -0.1) is 0 Å². The van der Waals surface area contributed by atoms with Crippen molar-refractivity contribution in [1.29, 1.82) is 0 Å². The maximum absolute atomic E-state index is 12.3. The highest BCUT2D eigenvalue weighted by molar-refractivity contribution is 5.89. The summed E-state index contributed by atoms with van der Waals surface area (Å²) in [5.74, 6) is -0.00166. The number of hydrogen-bond acceptors (Lipinski definition) is 6. The summed E-state index contributed by atoms with van der Waals surface area (Å²) in [4.78, 5) is 18.9. The Kier molecular flexibility index (Phi) is 5.48. The summed E-state index contributed by atoms with van der Waals surface area (Å²) in [5, 5.41) is 11.3. The molecule has 0 radical (unpaired) electrons. The standard InChI is InChI=1S/C20H24N6O2/c1-15-17(14-26(23-15)16-8-3-2-4-9-16)18-22-20(28-24-18)19(27)21-10-7-13-25-11-5-6-12-25/h2-4,8-9,14H,5-7,10-13H2,1H3,(H,21,27). The summed E-state index contributed by atoms with van der Waals surface area (Å²) in [6.07, 6.45) is 5.30. The summed E-state index contributed by atoms with van der Waals surface area (Å²) >= 11 is 0. The van der Waals surface area contributed by atoms with Gasteiger partial charge in [-0.2, -0.15) is 10.1 Å². The van der Waals surface area contributed by atoms with E-state index >= 15 is 0 Å². The number of carbonyl (C=O) groups is 1. The van der Waals surface area contributed by atoms with Crippen LogP contribution in [0.5, 0.6) is 0 Å². The SMILES string of the molecule is Cc1nn(-c2ccccc2)cc1-c1noc(C(=O)NCCCN2CCCC2)n1. The van der Waals surface area contributed by atoms with Crippen LogP contribution in [0.15, 0.2) is 41.1 Å². The fourth-order valence-electron chi connectivity index (χ4n) is 3.40. The lowest BCUT2D eigenvalue weighted by atomic mass is 10.2. The smallest absolute Gasteiger partial charge is 0.316 e. The summed E-state index contributed by atoms with van der Waals surface area (Å²) in [6, 6.07) is 9.79. The molecule has 28 heavy (non-hydrogen) atoms. The first-order valence-corrected chi connectivity index (χ1v) is 9.67. The first kappa shape index (κ1) is 18.4. The Morgan fingerprint density at radius 3 is 2.79 bits per heavy atom. The molecule has 1 fully saturated rings. The summed E-state index contributed by atoms with van der Waals surface area (Å²) in [7, 11) is 0. The van der Waals surface area contributed by atoms with Crippen molar-refractivity contribution in [2.75, 3.05) is 26.2 Å². The molecule has 1 amide bonds. The second-order valence-corrected chi connectivity index (χ2v) is 6.99. The van der Waals surface area contributed by atoms with Crippen molar-refractivity contribution in [3.8, 4) is 17.1 Å². The second-order valence-electron chi connectivity index (χ2n) is 6.99. The van der Waals surface area contributed by atoms with E-state index in [1.807, 2.05) is 43.5 Å². The van der Waals surface area contributed by atoms with Crippen molar-refractivity contribution >= 4 is 5.91 Å². The van der Waals surface area contributed by atoms with Gasteiger partial charge in [0.15, 0.2) is 0 Å². The highest BCUT2D eigenvalue weighted by Crippen LogP contribution is 2.21. The van der Waals surface area contributed by atoms with Crippen LogP contribution in [0.4, 0.5) is 0 Å². The van der Waals surface area contributed by atoms with Gasteiger partial charge in [-0.1, -0.05) is 23.4 Å². The maximum Gasteiger partial charge on any atom is 0.316 e. The van der Waals surface area contributed by atoms with E-state index in [-0.39, 0.29) is 11.8 Å². The zero-order chi connectivity index (χ0) is 19.3. The van der Waals surface area contributed by atoms with Gasteiger partial charge in [-0.3, -0.25) is 4.79 Å². The van der Waals surface area contributed by atoms with E-state index in [9.17, 15) is 4.79 Å². The topological polar surface area (TPSA) is 89.1 Å². The van der Waals surface area contributed by atoms with Crippen molar-refractivity contribution in [2.45, 2.75) is 26.2 Å². The lowest BCUT2D eigenvalue weighted by Crippen LogP contribution is -2.28. The first-order chi connectivity index (χ1) is 13.7. The number of nitrogens with one attached hydrogen (secondary N) is 1. The molecule has 146 valence electrons. The van der Waals surface area contributed by atoms with Crippen molar-refractivity contribution in [2.24, 2.45) is 0 Å². The number of rotatable bonds is 7. The molecule has 0 atom stereocenters. The monoisotopic (exact) mass is 380 g/mol. The van der Waals surface area contributed by atoms with E-state index in [0.717, 1.165) is 43.0 Å². The predicted molar refractivity (Wildman–Crippen MR) is 104 cm³/mol. The molecular formula is C20H24N6O2. The third-order valence-corrected chi connectivity index (χ3v) is 4.92. The summed E-state index contributed by atoms with van der Waals surface area (Å²) in [5.41, 5.74) is 2.44. The average molecular weight is 380 g/mol. The van der Waals surface area contributed by atoms with Gasteiger partial charge in [0, 0.05) is 12.7 Å². The molecule has 3 aromatic rings. The Morgan fingerprint density at radius 2 is 2.00 bits per heavy atom. The van der Waals surface area contributed by atoms with Crippen LogP contribution in [-0.2, 0) is 0 Å². The third kappa shape index (κ3) is 4.12. The Hall–Kier alpha value is -3.00. The average Bonchev–Trinajstić information content (AvgIpc) is 3.46. The normalized spacial score (nSPS) is 14.5. The minimum atomic E-state index is -0.340. The van der Waals surface area contributed by atoms with Gasteiger partial charge >= 0.3 is 11.8 Å². The van der Waals surface area contributed by atoms with Crippen LogP contribution in [0.25, 0.3) is 17.1 Å². The molecule has 2 aromatic heterocycles. The number of aromatic nitrogens is 4. The van der Waals surface area contributed by atoms with Gasteiger partial charge in [-0.25, -0.2) is 4.68 Å². The van der Waals surface area contributed by atoms with Gasteiger partial charge in [0.05, 0.1) is 16.9 Å². The molecule has 0 unspecified atom stereocenters. The zero-order valence-electron chi connectivity index (χ0n) is 16.0. The van der Waals surface area contributed by atoms with E-state index in [1.165, 1.54) is 12.8 Å². The number of para-hydroxylation sites is 1.